The minimum atomic E-state index is -3.94. The van der Waals surface area contributed by atoms with Gasteiger partial charge in [-0.15, -0.1) is 0 Å². The van der Waals surface area contributed by atoms with Crippen molar-refractivity contribution in [3.05, 3.63) is 60.2 Å². The third-order valence-electron chi connectivity index (χ3n) is 4.04. The molecule has 0 spiro atoms. The van der Waals surface area contributed by atoms with E-state index in [0.717, 1.165) is 12.6 Å². The third-order valence-corrected chi connectivity index (χ3v) is 5.42. The lowest BCUT2D eigenvalue weighted by atomic mass is 10.3. The maximum absolute atomic E-state index is 13.8. The quantitative estimate of drug-likeness (QED) is 0.497. The van der Waals surface area contributed by atoms with Crippen molar-refractivity contribution in [1.29, 1.82) is 0 Å². The van der Waals surface area contributed by atoms with Crippen LogP contribution in [0.3, 0.4) is 0 Å². The van der Waals surface area contributed by atoms with E-state index >= 15 is 0 Å². The number of rotatable bonds is 8. The van der Waals surface area contributed by atoms with Gasteiger partial charge in [0.05, 0.1) is 12.0 Å². The fraction of sp³-hybridized carbons (Fsp3) is 0.200. The number of nitrogens with zero attached hydrogens (tertiary/aromatic N) is 2. The van der Waals surface area contributed by atoms with Gasteiger partial charge in [-0.1, -0.05) is 0 Å². The van der Waals surface area contributed by atoms with Crippen LogP contribution in [-0.4, -0.2) is 32.0 Å². The monoisotopic (exact) mass is 431 g/mol. The SMILES string of the molecule is CCNc1cc(Nc2ccc(NS(=O)(=O)c3ccc(OC)c(F)c3)cc2)nc(C)n1. The first-order valence-corrected chi connectivity index (χ1v) is 10.6. The number of halogens is 1. The predicted octanol–water partition coefficient (Wildman–Crippen LogP) is 3.91. The van der Waals surface area contributed by atoms with E-state index in [2.05, 4.69) is 25.3 Å². The van der Waals surface area contributed by atoms with Crippen LogP contribution >= 0.6 is 0 Å². The van der Waals surface area contributed by atoms with E-state index in [1.54, 1.807) is 37.3 Å². The summed E-state index contributed by atoms with van der Waals surface area (Å²) < 4.78 is 46.1. The zero-order valence-electron chi connectivity index (χ0n) is 16.7. The number of methoxy groups -OCH3 is 1. The van der Waals surface area contributed by atoms with Gasteiger partial charge in [-0.25, -0.2) is 22.8 Å². The van der Waals surface area contributed by atoms with Crippen molar-refractivity contribution in [2.75, 3.05) is 29.0 Å². The zero-order valence-corrected chi connectivity index (χ0v) is 17.5. The molecular weight excluding hydrogens is 409 g/mol. The number of hydrogen-bond donors (Lipinski definition) is 3. The van der Waals surface area contributed by atoms with Crippen molar-refractivity contribution in [1.82, 2.24) is 9.97 Å². The van der Waals surface area contributed by atoms with Crippen molar-refractivity contribution in [2.45, 2.75) is 18.7 Å². The molecule has 30 heavy (non-hydrogen) atoms. The second kappa shape index (κ2) is 8.95. The maximum atomic E-state index is 13.8. The second-order valence-electron chi connectivity index (χ2n) is 6.32. The fourth-order valence-electron chi connectivity index (χ4n) is 2.70. The Kier molecular flexibility index (Phi) is 6.36. The topological polar surface area (TPSA) is 105 Å². The maximum Gasteiger partial charge on any atom is 0.262 e. The lowest BCUT2D eigenvalue weighted by molar-refractivity contribution is 0.385. The van der Waals surface area contributed by atoms with E-state index in [9.17, 15) is 12.8 Å². The van der Waals surface area contributed by atoms with E-state index in [1.807, 2.05) is 6.92 Å². The average Bonchev–Trinajstić information content (AvgIpc) is 2.69. The van der Waals surface area contributed by atoms with Crippen LogP contribution < -0.4 is 20.1 Å². The molecule has 0 fully saturated rings. The number of benzene rings is 2. The van der Waals surface area contributed by atoms with E-state index in [-0.39, 0.29) is 10.6 Å². The highest BCUT2D eigenvalue weighted by Gasteiger charge is 2.17. The molecule has 0 radical (unpaired) electrons. The molecule has 0 atom stereocenters. The summed E-state index contributed by atoms with van der Waals surface area (Å²) in [4.78, 5) is 8.43. The highest BCUT2D eigenvalue weighted by Crippen LogP contribution is 2.24. The number of ether oxygens (including phenoxy) is 1. The Bertz CT molecular complexity index is 1140. The summed E-state index contributed by atoms with van der Waals surface area (Å²) in [5.41, 5.74) is 1.05. The molecule has 2 aromatic carbocycles. The van der Waals surface area contributed by atoms with Crippen LogP contribution in [0.5, 0.6) is 5.75 Å². The Morgan fingerprint density at radius 3 is 2.30 bits per heavy atom. The molecule has 3 N–H and O–H groups in total. The fourth-order valence-corrected chi connectivity index (χ4v) is 3.77. The first-order valence-electron chi connectivity index (χ1n) is 9.13. The standard InChI is InChI=1S/C20H22FN5O3S/c1-4-22-19-12-20(24-13(2)23-19)25-14-5-7-15(8-6-14)26-30(27,28)16-9-10-18(29-3)17(21)11-16/h5-12,26H,4H2,1-3H3,(H2,22,23,24,25). The summed E-state index contributed by atoms with van der Waals surface area (Å²) in [6, 6.07) is 11.8. The van der Waals surface area contributed by atoms with Gasteiger partial charge in [-0.2, -0.15) is 0 Å². The van der Waals surface area contributed by atoms with Crippen LogP contribution in [-0.2, 0) is 10.0 Å². The van der Waals surface area contributed by atoms with Crippen molar-refractivity contribution < 1.29 is 17.5 Å². The summed E-state index contributed by atoms with van der Waals surface area (Å²) >= 11 is 0. The number of sulfonamides is 1. The first-order chi connectivity index (χ1) is 14.3. The van der Waals surface area contributed by atoms with E-state index in [4.69, 9.17) is 4.74 Å². The number of hydrogen-bond acceptors (Lipinski definition) is 7. The Morgan fingerprint density at radius 1 is 1.00 bits per heavy atom. The van der Waals surface area contributed by atoms with Gasteiger partial charge in [-0.3, -0.25) is 4.72 Å². The Balaban J connectivity index is 1.73. The summed E-state index contributed by atoms with van der Waals surface area (Å²) in [7, 11) is -2.64. The minimum absolute atomic E-state index is 0.0263. The smallest absolute Gasteiger partial charge is 0.262 e. The molecule has 0 amide bonds. The predicted molar refractivity (Wildman–Crippen MR) is 114 cm³/mol. The van der Waals surface area contributed by atoms with Crippen molar-refractivity contribution in [3.63, 3.8) is 0 Å². The van der Waals surface area contributed by atoms with Crippen LogP contribution in [0.25, 0.3) is 0 Å². The normalized spacial score (nSPS) is 11.1. The van der Waals surface area contributed by atoms with Crippen LogP contribution in [0.4, 0.5) is 27.4 Å². The van der Waals surface area contributed by atoms with Crippen LogP contribution in [0, 0.1) is 12.7 Å². The summed E-state index contributed by atoms with van der Waals surface area (Å²) in [6.45, 7) is 4.51. The highest BCUT2D eigenvalue weighted by molar-refractivity contribution is 7.92. The molecule has 0 aliphatic rings. The van der Waals surface area contributed by atoms with Crippen molar-refractivity contribution in [2.24, 2.45) is 0 Å². The second-order valence-corrected chi connectivity index (χ2v) is 8.00. The summed E-state index contributed by atoms with van der Waals surface area (Å²) in [6.07, 6.45) is 0. The van der Waals surface area contributed by atoms with E-state index in [1.165, 1.54) is 19.2 Å². The molecule has 0 saturated carbocycles. The first kappa shape index (κ1) is 21.3. The molecule has 3 aromatic rings. The Hall–Kier alpha value is -3.40. The molecule has 10 heteroatoms. The molecule has 0 aliphatic carbocycles. The van der Waals surface area contributed by atoms with Crippen molar-refractivity contribution in [3.8, 4) is 5.75 Å². The van der Waals surface area contributed by atoms with Crippen molar-refractivity contribution >= 4 is 33.0 Å². The van der Waals surface area contributed by atoms with E-state index in [0.29, 0.717) is 28.8 Å². The van der Waals surface area contributed by atoms with Gasteiger partial charge in [0.1, 0.15) is 17.5 Å². The highest BCUT2D eigenvalue weighted by atomic mass is 32.2. The average molecular weight is 431 g/mol. The molecule has 0 aliphatic heterocycles. The lowest BCUT2D eigenvalue weighted by Gasteiger charge is -2.11. The van der Waals surface area contributed by atoms with Crippen LogP contribution in [0.15, 0.2) is 53.4 Å². The Labute approximate surface area is 174 Å². The Morgan fingerprint density at radius 2 is 1.67 bits per heavy atom. The molecule has 1 heterocycles. The number of nitrogens with one attached hydrogen (secondary N) is 3. The lowest BCUT2D eigenvalue weighted by Crippen LogP contribution is -2.13. The molecule has 0 bridgehead atoms. The molecule has 0 unspecified atom stereocenters. The van der Waals surface area contributed by atoms with Gasteiger partial charge in [0.25, 0.3) is 10.0 Å². The molecule has 1 aromatic heterocycles. The number of aromatic nitrogens is 2. The minimum Gasteiger partial charge on any atom is -0.494 e. The summed E-state index contributed by atoms with van der Waals surface area (Å²) in [5.74, 6) is 1.16. The van der Waals surface area contributed by atoms with Gasteiger partial charge < -0.3 is 15.4 Å². The van der Waals surface area contributed by atoms with Gasteiger partial charge in [-0.05, 0) is 56.3 Å². The molecule has 158 valence electrons. The number of aryl methyl sites for hydroxylation is 1. The zero-order chi connectivity index (χ0) is 21.7. The van der Waals surface area contributed by atoms with E-state index < -0.39 is 15.8 Å². The largest absolute Gasteiger partial charge is 0.494 e. The van der Waals surface area contributed by atoms with Gasteiger partial charge in [0, 0.05) is 24.0 Å². The van der Waals surface area contributed by atoms with Gasteiger partial charge >= 0.3 is 0 Å². The summed E-state index contributed by atoms with van der Waals surface area (Å²) in [5, 5.41) is 6.29. The van der Waals surface area contributed by atoms with Gasteiger partial charge in [0.15, 0.2) is 11.6 Å². The van der Waals surface area contributed by atoms with Crippen LogP contribution in [0.2, 0.25) is 0 Å². The van der Waals surface area contributed by atoms with Crippen LogP contribution in [0.1, 0.15) is 12.7 Å². The molecule has 8 nitrogen and oxygen atoms in total. The molecule has 0 saturated heterocycles. The number of anilines is 4. The third kappa shape index (κ3) is 5.15. The molecular formula is C20H22FN5O3S. The van der Waals surface area contributed by atoms with Gasteiger partial charge in [0.2, 0.25) is 0 Å². The molecule has 3 rings (SSSR count).